The summed E-state index contributed by atoms with van der Waals surface area (Å²) in [7, 11) is 0. The second-order valence-electron chi connectivity index (χ2n) is 7.23. The van der Waals surface area contributed by atoms with Crippen LogP contribution >= 0.6 is 0 Å². The highest BCUT2D eigenvalue weighted by atomic mass is 16.5. The van der Waals surface area contributed by atoms with Gasteiger partial charge in [-0.2, -0.15) is 0 Å². The maximum atomic E-state index is 5.79. The fraction of sp³-hybridized carbons (Fsp3) is 0.455. The average molecular weight is 352 g/mol. The van der Waals surface area contributed by atoms with E-state index in [1.54, 1.807) is 0 Å². The first kappa shape index (κ1) is 17.4. The van der Waals surface area contributed by atoms with Crippen LogP contribution in [0, 0.1) is 0 Å². The molecule has 1 saturated heterocycles. The molecule has 0 unspecified atom stereocenters. The van der Waals surface area contributed by atoms with Crippen molar-refractivity contribution >= 4 is 0 Å². The fourth-order valence-electron chi connectivity index (χ4n) is 3.71. The summed E-state index contributed by atoms with van der Waals surface area (Å²) < 4.78 is 11.5. The Morgan fingerprint density at radius 1 is 0.962 bits per heavy atom. The topological polar surface area (TPSA) is 33.7 Å². The monoisotopic (exact) mass is 352 g/mol. The third-order valence-corrected chi connectivity index (χ3v) is 5.24. The summed E-state index contributed by atoms with van der Waals surface area (Å²) in [5.41, 5.74) is 2.69. The van der Waals surface area contributed by atoms with E-state index >= 15 is 0 Å². The van der Waals surface area contributed by atoms with E-state index in [1.165, 1.54) is 24.1 Å². The van der Waals surface area contributed by atoms with Crippen LogP contribution in [-0.4, -0.2) is 43.8 Å². The molecule has 0 bridgehead atoms. The Kier molecular flexibility index (Phi) is 5.72. The molecule has 2 aliphatic heterocycles. The molecule has 0 spiro atoms. The zero-order chi connectivity index (χ0) is 17.6. The Hall–Kier alpha value is -2.04. The van der Waals surface area contributed by atoms with Crippen molar-refractivity contribution in [1.29, 1.82) is 0 Å². The van der Waals surface area contributed by atoms with Crippen molar-refractivity contribution in [1.82, 2.24) is 10.2 Å². The van der Waals surface area contributed by atoms with E-state index in [9.17, 15) is 0 Å². The predicted octanol–water partition coefficient (Wildman–Crippen LogP) is 3.25. The van der Waals surface area contributed by atoms with Gasteiger partial charge in [-0.3, -0.25) is 0 Å². The minimum absolute atomic E-state index is 0.571. The highest BCUT2D eigenvalue weighted by Gasteiger charge is 2.21. The van der Waals surface area contributed by atoms with Gasteiger partial charge in [0, 0.05) is 32.1 Å². The molecule has 138 valence electrons. The van der Waals surface area contributed by atoms with Gasteiger partial charge >= 0.3 is 0 Å². The zero-order valence-electron chi connectivity index (χ0n) is 15.3. The van der Waals surface area contributed by atoms with Gasteiger partial charge < -0.3 is 19.7 Å². The van der Waals surface area contributed by atoms with Crippen LogP contribution in [0.15, 0.2) is 48.5 Å². The third-order valence-electron chi connectivity index (χ3n) is 5.24. The minimum Gasteiger partial charge on any atom is -0.490 e. The number of nitrogens with one attached hydrogen (secondary N) is 1. The van der Waals surface area contributed by atoms with Crippen LogP contribution in [0.4, 0.5) is 0 Å². The van der Waals surface area contributed by atoms with Gasteiger partial charge in [-0.15, -0.1) is 0 Å². The molecular formula is C22H28N2O2. The molecule has 4 nitrogen and oxygen atoms in total. The summed E-state index contributed by atoms with van der Waals surface area (Å²) in [4.78, 5) is 2.57. The van der Waals surface area contributed by atoms with Gasteiger partial charge in [0.25, 0.3) is 0 Å². The highest BCUT2D eigenvalue weighted by molar-refractivity contribution is 5.43. The lowest BCUT2D eigenvalue weighted by atomic mass is 10.1. The van der Waals surface area contributed by atoms with Crippen molar-refractivity contribution in [2.45, 2.75) is 31.8 Å². The van der Waals surface area contributed by atoms with Gasteiger partial charge in [-0.05, 0) is 42.6 Å². The quantitative estimate of drug-likeness (QED) is 0.865. The number of nitrogens with zero attached hydrogens (tertiary/aromatic N) is 1. The largest absolute Gasteiger partial charge is 0.490 e. The molecule has 4 heteroatoms. The molecule has 2 aromatic carbocycles. The van der Waals surface area contributed by atoms with Crippen molar-refractivity contribution in [2.24, 2.45) is 0 Å². The smallest absolute Gasteiger partial charge is 0.161 e. The van der Waals surface area contributed by atoms with Crippen LogP contribution in [0.2, 0.25) is 0 Å². The van der Waals surface area contributed by atoms with Gasteiger partial charge in [0.1, 0.15) is 0 Å². The van der Waals surface area contributed by atoms with E-state index < -0.39 is 0 Å². The Morgan fingerprint density at radius 2 is 1.81 bits per heavy atom. The lowest BCUT2D eigenvalue weighted by molar-refractivity contribution is 0.297. The van der Waals surface area contributed by atoms with E-state index in [0.717, 1.165) is 57.2 Å². The molecule has 0 radical (unpaired) electrons. The summed E-state index contributed by atoms with van der Waals surface area (Å²) in [5, 5.41) is 3.71. The van der Waals surface area contributed by atoms with Crippen molar-refractivity contribution in [3.8, 4) is 11.5 Å². The lowest BCUT2D eigenvalue weighted by Gasteiger charge is -2.17. The number of benzene rings is 2. The maximum absolute atomic E-state index is 5.79. The Labute approximate surface area is 156 Å². The summed E-state index contributed by atoms with van der Waals surface area (Å²) >= 11 is 0. The first-order valence-electron chi connectivity index (χ1n) is 9.75. The Balaban J connectivity index is 1.23. The fourth-order valence-corrected chi connectivity index (χ4v) is 3.71. The lowest BCUT2D eigenvalue weighted by Crippen LogP contribution is -2.32. The predicted molar refractivity (Wildman–Crippen MR) is 104 cm³/mol. The van der Waals surface area contributed by atoms with E-state index in [0.29, 0.717) is 6.04 Å². The van der Waals surface area contributed by atoms with Crippen LogP contribution in [0.3, 0.4) is 0 Å². The highest BCUT2D eigenvalue weighted by Crippen LogP contribution is 2.30. The number of hydrogen-bond donors (Lipinski definition) is 1. The van der Waals surface area contributed by atoms with E-state index in [4.69, 9.17) is 9.47 Å². The third kappa shape index (κ3) is 4.57. The summed E-state index contributed by atoms with van der Waals surface area (Å²) in [6.45, 7) is 5.83. The summed E-state index contributed by atoms with van der Waals surface area (Å²) in [6, 6.07) is 17.6. The molecule has 1 atom stereocenters. The van der Waals surface area contributed by atoms with Crippen LogP contribution in [0.5, 0.6) is 11.5 Å². The van der Waals surface area contributed by atoms with Crippen molar-refractivity contribution < 1.29 is 9.47 Å². The number of rotatable bonds is 6. The average Bonchev–Trinajstić information content (AvgIpc) is 3.01. The van der Waals surface area contributed by atoms with Crippen LogP contribution < -0.4 is 14.8 Å². The summed E-state index contributed by atoms with van der Waals surface area (Å²) in [5.74, 6) is 1.76. The minimum atomic E-state index is 0.571. The van der Waals surface area contributed by atoms with Crippen LogP contribution in [-0.2, 0) is 13.0 Å². The standard InChI is InChI=1S/C22H28N2O2/c1-2-5-18(6-3-1)9-11-24-12-10-20(17-24)23-16-19-7-8-21-22(15-19)26-14-4-13-25-21/h1-3,5-8,15,20,23H,4,9-14,16-17H2/t20-/m1/s1. The van der Waals surface area contributed by atoms with Gasteiger partial charge in [0.2, 0.25) is 0 Å². The normalized spacial score (nSPS) is 20.1. The second kappa shape index (κ2) is 8.56. The van der Waals surface area contributed by atoms with Gasteiger partial charge in [0.15, 0.2) is 11.5 Å². The first-order valence-corrected chi connectivity index (χ1v) is 9.75. The van der Waals surface area contributed by atoms with E-state index in [-0.39, 0.29) is 0 Å². The molecule has 0 aliphatic carbocycles. The molecule has 2 aromatic rings. The van der Waals surface area contributed by atoms with Gasteiger partial charge in [-0.1, -0.05) is 36.4 Å². The molecule has 1 fully saturated rings. The van der Waals surface area contributed by atoms with E-state index in [1.807, 2.05) is 6.07 Å². The first-order chi connectivity index (χ1) is 12.9. The van der Waals surface area contributed by atoms with Gasteiger partial charge in [0.05, 0.1) is 13.2 Å². The zero-order valence-corrected chi connectivity index (χ0v) is 15.3. The number of hydrogen-bond acceptors (Lipinski definition) is 4. The molecule has 1 N–H and O–H groups in total. The van der Waals surface area contributed by atoms with Crippen molar-refractivity contribution in [3.05, 3.63) is 59.7 Å². The molecule has 2 heterocycles. The Morgan fingerprint density at radius 3 is 2.69 bits per heavy atom. The molecule has 0 saturated carbocycles. The molecule has 26 heavy (non-hydrogen) atoms. The molecule has 4 rings (SSSR count). The number of ether oxygens (including phenoxy) is 2. The number of likely N-dealkylation sites (tertiary alicyclic amines) is 1. The second-order valence-corrected chi connectivity index (χ2v) is 7.23. The molecular weight excluding hydrogens is 324 g/mol. The van der Waals surface area contributed by atoms with Crippen LogP contribution in [0.25, 0.3) is 0 Å². The van der Waals surface area contributed by atoms with Gasteiger partial charge in [-0.25, -0.2) is 0 Å². The maximum Gasteiger partial charge on any atom is 0.161 e. The SMILES string of the molecule is c1ccc(CCN2CC[C@@H](NCc3ccc4c(c3)OCCCO4)C2)cc1. The van der Waals surface area contributed by atoms with Crippen LogP contribution in [0.1, 0.15) is 24.0 Å². The number of fused-ring (bicyclic) bond motifs is 1. The Bertz CT molecular complexity index is 705. The molecule has 0 amide bonds. The molecule has 0 aromatic heterocycles. The molecule has 2 aliphatic rings. The van der Waals surface area contributed by atoms with E-state index in [2.05, 4.69) is 52.7 Å². The van der Waals surface area contributed by atoms with Crippen molar-refractivity contribution in [3.63, 3.8) is 0 Å². The van der Waals surface area contributed by atoms with Crippen molar-refractivity contribution in [2.75, 3.05) is 32.8 Å². The summed E-state index contributed by atoms with van der Waals surface area (Å²) in [6.07, 6.45) is 3.30.